The summed E-state index contributed by atoms with van der Waals surface area (Å²) in [6, 6.07) is 13.4. The number of benzene rings is 2. The van der Waals surface area contributed by atoms with Crippen molar-refractivity contribution in [3.8, 4) is 0 Å². The van der Waals surface area contributed by atoms with E-state index in [4.69, 9.17) is 0 Å². The summed E-state index contributed by atoms with van der Waals surface area (Å²) >= 11 is 0. The Morgan fingerprint density at radius 2 is 1.83 bits per heavy atom. The van der Waals surface area contributed by atoms with Gasteiger partial charge in [-0.3, -0.25) is 4.79 Å². The number of esters is 2. The van der Waals surface area contributed by atoms with Crippen molar-refractivity contribution in [1.29, 1.82) is 0 Å². The largest absolute Gasteiger partial charge is 0.390 e. The fourth-order valence-corrected chi connectivity index (χ4v) is 1.79. The lowest BCUT2D eigenvalue weighted by atomic mass is 10.0. The third kappa shape index (κ3) is 2.63. The van der Waals surface area contributed by atoms with Gasteiger partial charge in [-0.2, -0.15) is 0 Å². The van der Waals surface area contributed by atoms with Crippen molar-refractivity contribution in [2.45, 2.75) is 6.42 Å². The maximum absolute atomic E-state index is 11.5. The number of hydrogen-bond acceptors (Lipinski definition) is 3. The third-order valence-corrected chi connectivity index (χ3v) is 2.60. The molecule has 2 aromatic carbocycles. The molecule has 0 saturated heterocycles. The zero-order chi connectivity index (χ0) is 13.0. The molecule has 0 aromatic heterocycles. The van der Waals surface area contributed by atoms with Crippen molar-refractivity contribution in [3.05, 3.63) is 60.7 Å². The Labute approximate surface area is 105 Å². The molecule has 0 amide bonds. The topological polar surface area (TPSA) is 43.4 Å². The second-order valence-corrected chi connectivity index (χ2v) is 3.81. The first-order valence-electron chi connectivity index (χ1n) is 5.54. The van der Waals surface area contributed by atoms with Crippen LogP contribution in [-0.4, -0.2) is 11.9 Å². The van der Waals surface area contributed by atoms with Crippen LogP contribution >= 0.6 is 0 Å². The maximum Gasteiger partial charge on any atom is 0.337 e. The van der Waals surface area contributed by atoms with Gasteiger partial charge in [0.1, 0.15) is 0 Å². The van der Waals surface area contributed by atoms with Crippen molar-refractivity contribution in [3.63, 3.8) is 0 Å². The summed E-state index contributed by atoms with van der Waals surface area (Å²) in [7, 11) is 0. The van der Waals surface area contributed by atoms with Gasteiger partial charge in [-0.15, -0.1) is 0 Å². The SMILES string of the molecule is C=CC(=O)OC(=O)Cc1cccc2ccccc12. The van der Waals surface area contributed by atoms with E-state index in [2.05, 4.69) is 11.3 Å². The summed E-state index contributed by atoms with van der Waals surface area (Å²) in [6.07, 6.45) is 1.04. The van der Waals surface area contributed by atoms with Gasteiger partial charge in [-0.25, -0.2) is 4.79 Å². The molecule has 3 nitrogen and oxygen atoms in total. The Hall–Kier alpha value is -2.42. The van der Waals surface area contributed by atoms with E-state index in [9.17, 15) is 9.59 Å². The average Bonchev–Trinajstić information content (AvgIpc) is 2.39. The Balaban J connectivity index is 2.24. The molecule has 0 fully saturated rings. The molecule has 0 N–H and O–H groups in total. The van der Waals surface area contributed by atoms with E-state index in [1.807, 2.05) is 42.5 Å². The van der Waals surface area contributed by atoms with E-state index in [-0.39, 0.29) is 6.42 Å². The van der Waals surface area contributed by atoms with Gasteiger partial charge in [0.25, 0.3) is 0 Å². The second kappa shape index (κ2) is 5.27. The van der Waals surface area contributed by atoms with Crippen LogP contribution in [0.2, 0.25) is 0 Å². The lowest BCUT2D eigenvalue weighted by Gasteiger charge is -2.05. The van der Waals surface area contributed by atoms with Crippen LogP contribution in [0.5, 0.6) is 0 Å². The molecule has 0 saturated carbocycles. The highest BCUT2D eigenvalue weighted by Gasteiger charge is 2.10. The third-order valence-electron chi connectivity index (χ3n) is 2.60. The van der Waals surface area contributed by atoms with Crippen LogP contribution in [0.25, 0.3) is 10.8 Å². The second-order valence-electron chi connectivity index (χ2n) is 3.81. The summed E-state index contributed by atoms with van der Waals surface area (Å²) in [6.45, 7) is 3.24. The zero-order valence-electron chi connectivity index (χ0n) is 9.76. The van der Waals surface area contributed by atoms with Crippen LogP contribution in [0.3, 0.4) is 0 Å². The predicted octanol–water partition coefficient (Wildman–Crippen LogP) is 2.64. The molecule has 2 aromatic rings. The van der Waals surface area contributed by atoms with Crippen LogP contribution in [-0.2, 0) is 20.7 Å². The minimum atomic E-state index is -0.722. The van der Waals surface area contributed by atoms with Crippen LogP contribution < -0.4 is 0 Å². The van der Waals surface area contributed by atoms with Crippen molar-refractivity contribution in [2.24, 2.45) is 0 Å². The van der Waals surface area contributed by atoms with Gasteiger partial charge in [-0.05, 0) is 16.3 Å². The Bertz CT molecular complexity index is 609. The molecule has 0 aliphatic rings. The van der Waals surface area contributed by atoms with Crippen molar-refractivity contribution in [1.82, 2.24) is 0 Å². The number of rotatable bonds is 3. The zero-order valence-corrected chi connectivity index (χ0v) is 9.76. The van der Waals surface area contributed by atoms with Gasteiger partial charge in [0, 0.05) is 6.08 Å². The average molecular weight is 240 g/mol. The van der Waals surface area contributed by atoms with Crippen LogP contribution in [0.15, 0.2) is 55.1 Å². The molecule has 0 atom stereocenters. The number of ether oxygens (including phenoxy) is 1. The minimum absolute atomic E-state index is 0.0704. The molecule has 0 aliphatic carbocycles. The van der Waals surface area contributed by atoms with Gasteiger partial charge in [-0.1, -0.05) is 49.0 Å². The van der Waals surface area contributed by atoms with E-state index in [1.165, 1.54) is 0 Å². The van der Waals surface area contributed by atoms with Gasteiger partial charge in [0.05, 0.1) is 6.42 Å². The summed E-state index contributed by atoms with van der Waals surface area (Å²) < 4.78 is 4.56. The molecule has 90 valence electrons. The highest BCUT2D eigenvalue weighted by Crippen LogP contribution is 2.19. The standard InChI is InChI=1S/C15H12O3/c1-2-14(16)18-15(17)10-12-8-5-7-11-6-3-4-9-13(11)12/h2-9H,1,10H2. The number of carbonyl (C=O) groups is 2. The van der Waals surface area contributed by atoms with Gasteiger partial charge in [0.2, 0.25) is 0 Å². The first kappa shape index (κ1) is 12.0. The monoisotopic (exact) mass is 240 g/mol. The maximum atomic E-state index is 11.5. The minimum Gasteiger partial charge on any atom is -0.390 e. The van der Waals surface area contributed by atoms with E-state index in [0.717, 1.165) is 22.4 Å². The van der Waals surface area contributed by atoms with E-state index in [1.54, 1.807) is 0 Å². The molecule has 3 heteroatoms. The Kier molecular flexibility index (Phi) is 3.53. The van der Waals surface area contributed by atoms with Gasteiger partial charge < -0.3 is 4.74 Å². The van der Waals surface area contributed by atoms with E-state index < -0.39 is 11.9 Å². The quantitative estimate of drug-likeness (QED) is 0.470. The summed E-state index contributed by atoms with van der Waals surface area (Å²) in [4.78, 5) is 22.4. The smallest absolute Gasteiger partial charge is 0.337 e. The van der Waals surface area contributed by atoms with Gasteiger partial charge >= 0.3 is 11.9 Å². The summed E-state index contributed by atoms with van der Waals surface area (Å²) in [5.41, 5.74) is 0.843. The molecule has 0 aliphatic heterocycles. The van der Waals surface area contributed by atoms with Crippen molar-refractivity contribution >= 4 is 22.7 Å². The van der Waals surface area contributed by atoms with Gasteiger partial charge in [0.15, 0.2) is 0 Å². The molecule has 18 heavy (non-hydrogen) atoms. The molecular formula is C15H12O3. The molecule has 0 radical (unpaired) electrons. The number of hydrogen-bond donors (Lipinski definition) is 0. The molecule has 2 rings (SSSR count). The molecule has 0 spiro atoms. The van der Waals surface area contributed by atoms with Crippen LogP contribution in [0, 0.1) is 0 Å². The first-order chi connectivity index (χ1) is 8.70. The lowest BCUT2D eigenvalue weighted by molar-refractivity contribution is -0.155. The first-order valence-corrected chi connectivity index (χ1v) is 5.54. The van der Waals surface area contributed by atoms with E-state index in [0.29, 0.717) is 0 Å². The summed E-state index contributed by atoms with van der Waals surface area (Å²) in [5.74, 6) is -1.29. The normalized spacial score (nSPS) is 10.0. The predicted molar refractivity (Wildman–Crippen MR) is 68.9 cm³/mol. The summed E-state index contributed by atoms with van der Waals surface area (Å²) in [5, 5.41) is 2.04. The number of carbonyl (C=O) groups excluding carboxylic acids is 2. The van der Waals surface area contributed by atoms with Crippen molar-refractivity contribution < 1.29 is 14.3 Å². The molecule has 0 unspecified atom stereocenters. The fraction of sp³-hybridized carbons (Fsp3) is 0.0667. The highest BCUT2D eigenvalue weighted by atomic mass is 16.6. The lowest BCUT2D eigenvalue weighted by Crippen LogP contribution is -2.12. The molecule has 0 heterocycles. The Morgan fingerprint density at radius 3 is 2.61 bits per heavy atom. The van der Waals surface area contributed by atoms with Crippen LogP contribution in [0.4, 0.5) is 0 Å². The highest BCUT2D eigenvalue weighted by molar-refractivity contribution is 5.94. The van der Waals surface area contributed by atoms with E-state index >= 15 is 0 Å². The van der Waals surface area contributed by atoms with Crippen LogP contribution in [0.1, 0.15) is 5.56 Å². The molecular weight excluding hydrogens is 228 g/mol. The number of fused-ring (bicyclic) bond motifs is 1. The fourth-order valence-electron chi connectivity index (χ4n) is 1.79. The molecule has 0 bridgehead atoms. The van der Waals surface area contributed by atoms with Crippen molar-refractivity contribution in [2.75, 3.05) is 0 Å². The Morgan fingerprint density at radius 1 is 1.11 bits per heavy atom.